The molecular formula is C16H20N2O2. The lowest BCUT2D eigenvalue weighted by Gasteiger charge is -2.05. The standard InChI is InChI=1S/C16H20N2O2/c1-2-6-13-11-14(13)18-16(20)15-12(7-3-4-10-19)8-5-9-17-15/h5,8-9,13-14,19H,2,4,6,10-11H2,1H3,(H,18,20). The van der Waals surface area contributed by atoms with Gasteiger partial charge in [-0.05, 0) is 30.9 Å². The van der Waals surface area contributed by atoms with Crippen LogP contribution < -0.4 is 5.32 Å². The van der Waals surface area contributed by atoms with E-state index in [0.29, 0.717) is 29.6 Å². The van der Waals surface area contributed by atoms with Gasteiger partial charge in [0.05, 0.1) is 12.2 Å². The second kappa shape index (κ2) is 7.06. The summed E-state index contributed by atoms with van der Waals surface area (Å²) in [4.78, 5) is 16.3. The van der Waals surface area contributed by atoms with Crippen LogP contribution >= 0.6 is 0 Å². The van der Waals surface area contributed by atoms with Crippen molar-refractivity contribution in [2.45, 2.75) is 38.6 Å². The first-order valence-electron chi connectivity index (χ1n) is 7.11. The van der Waals surface area contributed by atoms with Gasteiger partial charge in [0.1, 0.15) is 5.69 Å². The number of pyridine rings is 1. The average Bonchev–Trinajstić information content (AvgIpc) is 3.18. The average molecular weight is 272 g/mol. The lowest BCUT2D eigenvalue weighted by Crippen LogP contribution is -2.28. The number of hydrogen-bond acceptors (Lipinski definition) is 3. The van der Waals surface area contributed by atoms with Crippen molar-refractivity contribution in [3.63, 3.8) is 0 Å². The third kappa shape index (κ3) is 3.82. The molecule has 1 heterocycles. The minimum Gasteiger partial charge on any atom is -0.395 e. The van der Waals surface area contributed by atoms with Gasteiger partial charge in [-0.2, -0.15) is 0 Å². The fourth-order valence-corrected chi connectivity index (χ4v) is 2.25. The molecule has 106 valence electrons. The molecule has 0 bridgehead atoms. The number of carbonyl (C=O) groups excluding carboxylic acids is 1. The molecule has 0 spiro atoms. The van der Waals surface area contributed by atoms with E-state index in [1.165, 1.54) is 0 Å². The summed E-state index contributed by atoms with van der Waals surface area (Å²) in [5, 5.41) is 11.7. The van der Waals surface area contributed by atoms with E-state index in [9.17, 15) is 4.79 Å². The first kappa shape index (κ1) is 14.5. The number of aliphatic hydroxyl groups excluding tert-OH is 1. The molecule has 1 aliphatic carbocycles. The maximum Gasteiger partial charge on any atom is 0.271 e. The summed E-state index contributed by atoms with van der Waals surface area (Å²) in [7, 11) is 0. The van der Waals surface area contributed by atoms with E-state index in [0.717, 1.165) is 19.3 Å². The molecule has 2 atom stereocenters. The van der Waals surface area contributed by atoms with E-state index in [4.69, 9.17) is 5.11 Å². The Kier molecular flexibility index (Phi) is 5.14. The van der Waals surface area contributed by atoms with Crippen LogP contribution in [0.5, 0.6) is 0 Å². The van der Waals surface area contributed by atoms with Crippen molar-refractivity contribution < 1.29 is 9.90 Å². The quantitative estimate of drug-likeness (QED) is 0.802. The summed E-state index contributed by atoms with van der Waals surface area (Å²) in [5.41, 5.74) is 0.992. The molecule has 1 amide bonds. The molecule has 0 aromatic carbocycles. The molecule has 1 fully saturated rings. The Hall–Kier alpha value is -1.86. The van der Waals surface area contributed by atoms with Crippen molar-refractivity contribution in [2.75, 3.05) is 6.61 Å². The second-order valence-electron chi connectivity index (χ2n) is 5.04. The zero-order valence-corrected chi connectivity index (χ0v) is 11.7. The molecule has 0 aliphatic heterocycles. The predicted molar refractivity (Wildman–Crippen MR) is 77.1 cm³/mol. The van der Waals surface area contributed by atoms with Gasteiger partial charge in [-0.1, -0.05) is 25.2 Å². The Labute approximate surface area is 119 Å². The van der Waals surface area contributed by atoms with Gasteiger partial charge in [0.25, 0.3) is 5.91 Å². The zero-order chi connectivity index (χ0) is 14.4. The Balaban J connectivity index is 2.01. The smallest absolute Gasteiger partial charge is 0.271 e. The number of aliphatic hydroxyl groups is 1. The minimum absolute atomic E-state index is 0.0234. The SMILES string of the molecule is CCCC1CC1NC(=O)c1ncccc1C#CCCO. The molecule has 20 heavy (non-hydrogen) atoms. The second-order valence-corrected chi connectivity index (χ2v) is 5.04. The van der Waals surface area contributed by atoms with Gasteiger partial charge in [-0.3, -0.25) is 4.79 Å². The third-order valence-electron chi connectivity index (χ3n) is 3.38. The molecule has 4 heteroatoms. The van der Waals surface area contributed by atoms with Crippen LogP contribution in [-0.4, -0.2) is 28.6 Å². The largest absolute Gasteiger partial charge is 0.395 e. The number of hydrogen-bond donors (Lipinski definition) is 2. The fourth-order valence-electron chi connectivity index (χ4n) is 2.25. The van der Waals surface area contributed by atoms with E-state index >= 15 is 0 Å². The summed E-state index contributed by atoms with van der Waals surface area (Å²) in [5.74, 6) is 6.19. The lowest BCUT2D eigenvalue weighted by atomic mass is 10.1. The van der Waals surface area contributed by atoms with Gasteiger partial charge in [0, 0.05) is 18.7 Å². The van der Waals surface area contributed by atoms with Crippen molar-refractivity contribution in [1.29, 1.82) is 0 Å². The Morgan fingerprint density at radius 3 is 3.20 bits per heavy atom. The van der Waals surface area contributed by atoms with Crippen LogP contribution in [0.4, 0.5) is 0 Å². The first-order valence-corrected chi connectivity index (χ1v) is 7.11. The molecule has 4 nitrogen and oxygen atoms in total. The van der Waals surface area contributed by atoms with Crippen molar-refractivity contribution in [3.8, 4) is 11.8 Å². The van der Waals surface area contributed by atoms with Crippen LogP contribution in [0.15, 0.2) is 18.3 Å². The molecule has 1 aromatic heterocycles. The molecule has 1 aromatic rings. The number of nitrogens with one attached hydrogen (secondary N) is 1. The molecule has 0 radical (unpaired) electrons. The number of carbonyl (C=O) groups is 1. The van der Waals surface area contributed by atoms with Gasteiger partial charge in [0.2, 0.25) is 0 Å². The normalized spacial score (nSPS) is 19.9. The number of aromatic nitrogens is 1. The van der Waals surface area contributed by atoms with Crippen LogP contribution in [0, 0.1) is 17.8 Å². The van der Waals surface area contributed by atoms with Gasteiger partial charge < -0.3 is 10.4 Å². The molecule has 2 rings (SSSR count). The monoisotopic (exact) mass is 272 g/mol. The highest BCUT2D eigenvalue weighted by Crippen LogP contribution is 2.34. The van der Waals surface area contributed by atoms with Crippen LogP contribution in [0.1, 0.15) is 48.7 Å². The summed E-state index contributed by atoms with van der Waals surface area (Å²) < 4.78 is 0. The molecule has 2 unspecified atom stereocenters. The van der Waals surface area contributed by atoms with E-state index in [1.807, 2.05) is 0 Å². The predicted octanol–water partition coefficient (Wildman–Crippen LogP) is 1.73. The Morgan fingerprint density at radius 1 is 1.60 bits per heavy atom. The molecule has 1 saturated carbocycles. The minimum atomic E-state index is -0.150. The first-order chi connectivity index (χ1) is 9.76. The van der Waals surface area contributed by atoms with E-state index in [2.05, 4.69) is 29.1 Å². The molecule has 1 aliphatic rings. The molecular weight excluding hydrogens is 252 g/mol. The Bertz CT molecular complexity index is 531. The van der Waals surface area contributed by atoms with Crippen LogP contribution in [0.3, 0.4) is 0 Å². The summed E-state index contributed by atoms with van der Waals surface area (Å²) in [6.07, 6.45) is 5.38. The third-order valence-corrected chi connectivity index (χ3v) is 3.38. The van der Waals surface area contributed by atoms with Crippen molar-refractivity contribution in [2.24, 2.45) is 5.92 Å². The number of amides is 1. The van der Waals surface area contributed by atoms with Gasteiger partial charge in [-0.25, -0.2) is 4.98 Å². The zero-order valence-electron chi connectivity index (χ0n) is 11.7. The topological polar surface area (TPSA) is 62.2 Å². The van der Waals surface area contributed by atoms with Crippen molar-refractivity contribution >= 4 is 5.91 Å². The van der Waals surface area contributed by atoms with Gasteiger partial charge in [-0.15, -0.1) is 0 Å². The van der Waals surface area contributed by atoms with E-state index < -0.39 is 0 Å². The molecule has 0 saturated heterocycles. The summed E-state index contributed by atoms with van der Waals surface area (Å²) in [6.45, 7) is 2.18. The number of rotatable bonds is 5. The van der Waals surface area contributed by atoms with Crippen LogP contribution in [0.25, 0.3) is 0 Å². The highest BCUT2D eigenvalue weighted by Gasteiger charge is 2.37. The van der Waals surface area contributed by atoms with Crippen molar-refractivity contribution in [1.82, 2.24) is 10.3 Å². The van der Waals surface area contributed by atoms with E-state index in [-0.39, 0.29) is 12.5 Å². The lowest BCUT2D eigenvalue weighted by molar-refractivity contribution is 0.0943. The molecule has 2 N–H and O–H groups in total. The van der Waals surface area contributed by atoms with Crippen LogP contribution in [-0.2, 0) is 0 Å². The van der Waals surface area contributed by atoms with Gasteiger partial charge in [0.15, 0.2) is 0 Å². The summed E-state index contributed by atoms with van der Waals surface area (Å²) in [6, 6.07) is 3.84. The maximum absolute atomic E-state index is 12.2. The van der Waals surface area contributed by atoms with Crippen LogP contribution in [0.2, 0.25) is 0 Å². The number of nitrogens with zero attached hydrogens (tertiary/aromatic N) is 1. The fraction of sp³-hybridized carbons (Fsp3) is 0.500. The maximum atomic E-state index is 12.2. The van der Waals surface area contributed by atoms with E-state index in [1.54, 1.807) is 18.3 Å². The highest BCUT2D eigenvalue weighted by atomic mass is 16.2. The van der Waals surface area contributed by atoms with Crippen molar-refractivity contribution in [3.05, 3.63) is 29.6 Å². The summed E-state index contributed by atoms with van der Waals surface area (Å²) >= 11 is 0. The highest BCUT2D eigenvalue weighted by molar-refractivity contribution is 5.95. The van der Waals surface area contributed by atoms with Gasteiger partial charge >= 0.3 is 0 Å². The Morgan fingerprint density at radius 2 is 2.45 bits per heavy atom.